The van der Waals surface area contributed by atoms with Gasteiger partial charge in [0.1, 0.15) is 5.82 Å². The molecule has 0 unspecified atom stereocenters. The monoisotopic (exact) mass is 301 g/mol. The Morgan fingerprint density at radius 3 is 2.82 bits per heavy atom. The Morgan fingerprint density at radius 1 is 1.36 bits per heavy atom. The summed E-state index contributed by atoms with van der Waals surface area (Å²) in [6, 6.07) is 2.38. The second-order valence-corrected chi connectivity index (χ2v) is 6.05. The van der Waals surface area contributed by atoms with Gasteiger partial charge in [0.15, 0.2) is 0 Å². The first-order chi connectivity index (χ1) is 10.6. The molecule has 1 N–H and O–H groups in total. The quantitative estimate of drug-likeness (QED) is 0.923. The van der Waals surface area contributed by atoms with Crippen LogP contribution in [-0.4, -0.2) is 25.5 Å². The summed E-state index contributed by atoms with van der Waals surface area (Å²) >= 11 is 0. The van der Waals surface area contributed by atoms with E-state index >= 15 is 0 Å². The molecule has 2 aromatic heterocycles. The van der Waals surface area contributed by atoms with Gasteiger partial charge in [-0.05, 0) is 32.3 Å². The first-order valence-electron chi connectivity index (χ1n) is 7.96. The zero-order valence-corrected chi connectivity index (χ0v) is 13.2. The summed E-state index contributed by atoms with van der Waals surface area (Å²) in [5.74, 6) is 0.894. The van der Waals surface area contributed by atoms with Gasteiger partial charge < -0.3 is 5.32 Å². The molecule has 0 aliphatic heterocycles. The summed E-state index contributed by atoms with van der Waals surface area (Å²) in [7, 11) is 1.90. The van der Waals surface area contributed by atoms with Crippen LogP contribution in [0.3, 0.4) is 0 Å². The largest absolute Gasteiger partial charge is 0.311 e. The van der Waals surface area contributed by atoms with E-state index in [-0.39, 0.29) is 5.91 Å². The first-order valence-corrected chi connectivity index (χ1v) is 7.96. The van der Waals surface area contributed by atoms with Crippen LogP contribution in [0.4, 0.5) is 5.82 Å². The third-order valence-electron chi connectivity index (χ3n) is 4.44. The van der Waals surface area contributed by atoms with E-state index in [0.29, 0.717) is 18.9 Å². The molecule has 1 saturated carbocycles. The maximum atomic E-state index is 12.3. The molecule has 1 aliphatic carbocycles. The fourth-order valence-corrected chi connectivity index (χ4v) is 3.11. The zero-order chi connectivity index (χ0) is 15.5. The van der Waals surface area contributed by atoms with Gasteiger partial charge in [-0.2, -0.15) is 10.2 Å². The average Bonchev–Trinajstić information content (AvgIpc) is 3.21. The van der Waals surface area contributed by atoms with Gasteiger partial charge in [-0.1, -0.05) is 12.8 Å². The van der Waals surface area contributed by atoms with Crippen LogP contribution in [-0.2, 0) is 18.3 Å². The predicted molar refractivity (Wildman–Crippen MR) is 84.6 cm³/mol. The average molecular weight is 301 g/mol. The number of amides is 1. The van der Waals surface area contributed by atoms with Gasteiger partial charge in [0.05, 0.1) is 12.2 Å². The number of aromatic nitrogens is 4. The molecule has 22 heavy (non-hydrogen) atoms. The van der Waals surface area contributed by atoms with Crippen molar-refractivity contribution in [1.82, 2.24) is 19.6 Å². The molecule has 0 spiro atoms. The van der Waals surface area contributed by atoms with E-state index in [0.717, 1.165) is 29.9 Å². The van der Waals surface area contributed by atoms with Crippen molar-refractivity contribution >= 4 is 11.7 Å². The summed E-state index contributed by atoms with van der Waals surface area (Å²) in [5.41, 5.74) is 2.09. The Kier molecular flexibility index (Phi) is 4.27. The Morgan fingerprint density at radius 2 is 2.14 bits per heavy atom. The molecule has 6 heteroatoms. The minimum Gasteiger partial charge on any atom is -0.311 e. The smallest absolute Gasteiger partial charge is 0.225 e. The van der Waals surface area contributed by atoms with E-state index in [9.17, 15) is 4.79 Å². The molecule has 6 nitrogen and oxygen atoms in total. The summed E-state index contributed by atoms with van der Waals surface area (Å²) in [4.78, 5) is 12.3. The lowest BCUT2D eigenvalue weighted by molar-refractivity contribution is -0.116. The van der Waals surface area contributed by atoms with Crippen molar-refractivity contribution in [2.24, 2.45) is 7.05 Å². The zero-order valence-electron chi connectivity index (χ0n) is 13.2. The first kappa shape index (κ1) is 14.8. The van der Waals surface area contributed by atoms with Gasteiger partial charge in [-0.3, -0.25) is 9.48 Å². The summed E-state index contributed by atoms with van der Waals surface area (Å²) < 4.78 is 3.81. The van der Waals surface area contributed by atoms with Crippen LogP contribution >= 0.6 is 0 Å². The number of nitrogens with one attached hydrogen (secondary N) is 1. The minimum atomic E-state index is 0.0315. The molecule has 0 radical (unpaired) electrons. The predicted octanol–water partition coefficient (Wildman–Crippen LogP) is 2.61. The lowest BCUT2D eigenvalue weighted by Gasteiger charge is -2.15. The summed E-state index contributed by atoms with van der Waals surface area (Å²) in [5, 5.41) is 11.6. The molecule has 0 atom stereocenters. The molecule has 2 heterocycles. The topological polar surface area (TPSA) is 64.7 Å². The number of nitrogens with zero attached hydrogens (tertiary/aromatic N) is 4. The number of anilines is 1. The van der Waals surface area contributed by atoms with Crippen LogP contribution in [0.2, 0.25) is 0 Å². The fourth-order valence-electron chi connectivity index (χ4n) is 3.11. The number of hydrogen-bond donors (Lipinski definition) is 1. The van der Waals surface area contributed by atoms with Crippen LogP contribution < -0.4 is 5.32 Å². The Labute approximate surface area is 130 Å². The van der Waals surface area contributed by atoms with E-state index in [1.54, 1.807) is 10.9 Å². The van der Waals surface area contributed by atoms with Gasteiger partial charge in [-0.25, -0.2) is 4.68 Å². The van der Waals surface area contributed by atoms with E-state index in [1.807, 2.05) is 30.9 Å². The highest BCUT2D eigenvalue weighted by Gasteiger charge is 2.22. The van der Waals surface area contributed by atoms with Crippen molar-refractivity contribution in [3.63, 3.8) is 0 Å². The second kappa shape index (κ2) is 6.34. The Balaban J connectivity index is 1.64. The molecule has 0 saturated heterocycles. The summed E-state index contributed by atoms with van der Waals surface area (Å²) in [6.07, 6.45) is 9.54. The standard InChI is InChI=1S/C16H23N5O/c1-12-11-18-21(14-5-3-4-6-14)16(12)19-15(22)8-7-13-9-10-17-20(13)2/h9-11,14H,3-8H2,1-2H3,(H,19,22). The van der Waals surface area contributed by atoms with E-state index in [2.05, 4.69) is 15.5 Å². The molecule has 3 rings (SSSR count). The number of carbonyl (C=O) groups excluding carboxylic acids is 1. The molecule has 1 fully saturated rings. The van der Waals surface area contributed by atoms with Crippen molar-refractivity contribution < 1.29 is 4.79 Å². The fraction of sp³-hybridized carbons (Fsp3) is 0.562. The van der Waals surface area contributed by atoms with Gasteiger partial charge in [-0.15, -0.1) is 0 Å². The second-order valence-electron chi connectivity index (χ2n) is 6.05. The molecule has 1 amide bonds. The van der Waals surface area contributed by atoms with E-state index < -0.39 is 0 Å². The van der Waals surface area contributed by atoms with Crippen LogP contribution in [0.25, 0.3) is 0 Å². The van der Waals surface area contributed by atoms with Crippen LogP contribution in [0.1, 0.15) is 49.4 Å². The third kappa shape index (κ3) is 3.05. The third-order valence-corrected chi connectivity index (χ3v) is 4.44. The molecule has 0 bridgehead atoms. The Hall–Kier alpha value is -2.11. The van der Waals surface area contributed by atoms with Crippen molar-refractivity contribution in [2.45, 2.75) is 51.5 Å². The number of aryl methyl sites for hydroxylation is 3. The molecular formula is C16H23N5O. The van der Waals surface area contributed by atoms with Gasteiger partial charge in [0.2, 0.25) is 5.91 Å². The van der Waals surface area contributed by atoms with Gasteiger partial charge in [0.25, 0.3) is 0 Å². The minimum absolute atomic E-state index is 0.0315. The highest BCUT2D eigenvalue weighted by Crippen LogP contribution is 2.32. The molecular weight excluding hydrogens is 278 g/mol. The van der Waals surface area contributed by atoms with Crippen molar-refractivity contribution in [3.8, 4) is 0 Å². The normalized spacial score (nSPS) is 15.4. The molecule has 118 valence electrons. The highest BCUT2D eigenvalue weighted by molar-refractivity contribution is 5.90. The Bertz CT molecular complexity index is 651. The number of hydrogen-bond acceptors (Lipinski definition) is 3. The van der Waals surface area contributed by atoms with Crippen LogP contribution in [0.5, 0.6) is 0 Å². The van der Waals surface area contributed by atoms with Gasteiger partial charge >= 0.3 is 0 Å². The van der Waals surface area contributed by atoms with Gasteiger partial charge in [0, 0.05) is 30.9 Å². The SMILES string of the molecule is Cc1cnn(C2CCCC2)c1NC(=O)CCc1ccnn1C. The number of carbonyl (C=O) groups is 1. The van der Waals surface area contributed by atoms with Crippen LogP contribution in [0.15, 0.2) is 18.5 Å². The highest BCUT2D eigenvalue weighted by atomic mass is 16.1. The number of rotatable bonds is 5. The molecule has 0 aromatic carbocycles. The van der Waals surface area contributed by atoms with Crippen molar-refractivity contribution in [1.29, 1.82) is 0 Å². The maximum absolute atomic E-state index is 12.3. The van der Waals surface area contributed by atoms with E-state index in [1.165, 1.54) is 12.8 Å². The van der Waals surface area contributed by atoms with Crippen molar-refractivity contribution in [3.05, 3.63) is 29.7 Å². The lowest BCUT2D eigenvalue weighted by Crippen LogP contribution is -2.19. The lowest BCUT2D eigenvalue weighted by atomic mass is 10.2. The van der Waals surface area contributed by atoms with E-state index in [4.69, 9.17) is 0 Å². The van der Waals surface area contributed by atoms with Crippen LogP contribution in [0, 0.1) is 6.92 Å². The molecule has 1 aliphatic rings. The molecule has 2 aromatic rings. The summed E-state index contributed by atoms with van der Waals surface area (Å²) in [6.45, 7) is 2.00. The maximum Gasteiger partial charge on any atom is 0.225 e. The van der Waals surface area contributed by atoms with Crippen molar-refractivity contribution in [2.75, 3.05) is 5.32 Å².